The number of hydrogen-bond acceptors (Lipinski definition) is 3. The van der Waals surface area contributed by atoms with Crippen molar-refractivity contribution in [3.8, 4) is 0 Å². The van der Waals surface area contributed by atoms with E-state index in [4.69, 9.17) is 6.57 Å². The number of nitrogens with one attached hydrogen (secondary N) is 2. The van der Waals surface area contributed by atoms with Crippen LogP contribution in [0.4, 0.5) is 10.5 Å². The van der Waals surface area contributed by atoms with Gasteiger partial charge in [-0.05, 0) is 60.8 Å². The molecule has 0 radical (unpaired) electrons. The molecule has 1 aromatic carbocycles. The predicted octanol–water partition coefficient (Wildman–Crippen LogP) is 3.89. The summed E-state index contributed by atoms with van der Waals surface area (Å²) in [4.78, 5) is 20.4. The molecule has 1 aromatic heterocycles. The van der Waals surface area contributed by atoms with Crippen LogP contribution in [0.3, 0.4) is 0 Å². The van der Waals surface area contributed by atoms with Crippen LogP contribution >= 0.6 is 0 Å². The van der Waals surface area contributed by atoms with Gasteiger partial charge in [-0.15, -0.1) is 0 Å². The van der Waals surface area contributed by atoms with Crippen molar-refractivity contribution in [2.24, 2.45) is 5.92 Å². The Balaban J connectivity index is 1.53. The summed E-state index contributed by atoms with van der Waals surface area (Å²) in [5.74, 6) is 1.24. The number of aromatic amines is 1. The Hall–Kier alpha value is -2.52. The van der Waals surface area contributed by atoms with Crippen molar-refractivity contribution in [3.63, 3.8) is 0 Å². The first-order chi connectivity index (χ1) is 12.7. The molecule has 1 fully saturated rings. The summed E-state index contributed by atoms with van der Waals surface area (Å²) in [5, 5.41) is 3.92. The number of carbonyl (C=O) groups is 1. The summed E-state index contributed by atoms with van der Waals surface area (Å²) < 4.78 is 4.58. The van der Waals surface area contributed by atoms with Gasteiger partial charge >= 0.3 is 6.09 Å². The minimum atomic E-state index is -0.367. The van der Waals surface area contributed by atoms with Crippen LogP contribution in [0.5, 0.6) is 0 Å². The van der Waals surface area contributed by atoms with E-state index in [1.165, 1.54) is 24.5 Å². The zero-order valence-corrected chi connectivity index (χ0v) is 15.4. The quantitative estimate of drug-likeness (QED) is 0.558. The van der Waals surface area contributed by atoms with Crippen molar-refractivity contribution in [2.75, 3.05) is 33.3 Å². The third-order valence-electron chi connectivity index (χ3n) is 5.19. The number of carbonyl (C=O) groups excluding carboxylic acids is 1. The highest BCUT2D eigenvalue weighted by atomic mass is 16.5. The zero-order chi connectivity index (χ0) is 18.5. The molecule has 1 saturated carbocycles. The summed E-state index contributed by atoms with van der Waals surface area (Å²) in [5.41, 5.74) is 3.15. The minimum absolute atomic E-state index is 0.367. The van der Waals surface area contributed by atoms with E-state index in [0.717, 1.165) is 31.6 Å². The molecule has 0 spiro atoms. The van der Waals surface area contributed by atoms with Crippen LogP contribution in [0, 0.1) is 12.5 Å². The van der Waals surface area contributed by atoms with Crippen molar-refractivity contribution in [2.45, 2.75) is 25.7 Å². The van der Waals surface area contributed by atoms with E-state index >= 15 is 0 Å². The Morgan fingerprint density at radius 2 is 2.35 bits per heavy atom. The highest BCUT2D eigenvalue weighted by Crippen LogP contribution is 2.50. The summed E-state index contributed by atoms with van der Waals surface area (Å²) in [6.45, 7) is 13.1. The number of H-pyrrole nitrogens is 1. The van der Waals surface area contributed by atoms with Crippen LogP contribution in [0.1, 0.15) is 31.2 Å². The Morgan fingerprint density at radius 1 is 1.50 bits per heavy atom. The maximum atomic E-state index is 11.1. The Bertz CT molecular complexity index is 808. The van der Waals surface area contributed by atoms with E-state index in [1.54, 1.807) is 0 Å². The lowest BCUT2D eigenvalue weighted by molar-refractivity contribution is 0.170. The average Bonchev–Trinajstić information content (AvgIpc) is 3.30. The van der Waals surface area contributed by atoms with Crippen molar-refractivity contribution in [3.05, 3.63) is 41.4 Å². The van der Waals surface area contributed by atoms with Crippen LogP contribution in [-0.2, 0) is 4.74 Å². The second-order valence-corrected chi connectivity index (χ2v) is 6.85. The molecule has 0 saturated heterocycles. The molecule has 3 rings (SSSR count). The zero-order valence-electron chi connectivity index (χ0n) is 15.4. The molecule has 26 heavy (non-hydrogen) atoms. The number of fused-ring (bicyclic) bond motifs is 1. The van der Waals surface area contributed by atoms with Gasteiger partial charge in [0, 0.05) is 24.8 Å². The van der Waals surface area contributed by atoms with E-state index in [-0.39, 0.29) is 6.09 Å². The van der Waals surface area contributed by atoms with Gasteiger partial charge in [-0.2, -0.15) is 0 Å². The SMILES string of the molecule is [C-]#[N+]c1ccc2[nH]cc(C3CC3CN(CC)CCCNC(=O)OC)c2c1. The summed E-state index contributed by atoms with van der Waals surface area (Å²) in [6, 6.07) is 5.86. The molecule has 0 bridgehead atoms. The van der Waals surface area contributed by atoms with Gasteiger partial charge in [-0.25, -0.2) is 9.64 Å². The van der Waals surface area contributed by atoms with Crippen molar-refractivity contribution in [1.29, 1.82) is 0 Å². The van der Waals surface area contributed by atoms with Gasteiger partial charge < -0.3 is 19.9 Å². The maximum Gasteiger partial charge on any atom is 0.406 e. The fraction of sp³-hybridized carbons (Fsp3) is 0.500. The summed E-state index contributed by atoms with van der Waals surface area (Å²) in [6.07, 6.45) is 3.86. The molecule has 1 aliphatic rings. The number of amides is 1. The number of ether oxygens (including phenoxy) is 1. The molecule has 1 aliphatic carbocycles. The van der Waals surface area contributed by atoms with Gasteiger partial charge in [0.15, 0.2) is 5.69 Å². The van der Waals surface area contributed by atoms with Crippen LogP contribution in [0.15, 0.2) is 24.4 Å². The number of hydrogen-bond donors (Lipinski definition) is 2. The molecular formula is C20H26N4O2. The first-order valence-electron chi connectivity index (χ1n) is 9.19. The predicted molar refractivity (Wildman–Crippen MR) is 103 cm³/mol. The van der Waals surface area contributed by atoms with Gasteiger partial charge in [0.25, 0.3) is 0 Å². The largest absolute Gasteiger partial charge is 0.453 e. The second-order valence-electron chi connectivity index (χ2n) is 6.85. The van der Waals surface area contributed by atoms with E-state index in [1.807, 2.05) is 18.2 Å². The number of aromatic nitrogens is 1. The van der Waals surface area contributed by atoms with Gasteiger partial charge in [0.2, 0.25) is 0 Å². The molecule has 1 heterocycles. The fourth-order valence-electron chi connectivity index (χ4n) is 3.61. The minimum Gasteiger partial charge on any atom is -0.453 e. The van der Waals surface area contributed by atoms with E-state index in [9.17, 15) is 4.79 Å². The van der Waals surface area contributed by atoms with Crippen LogP contribution < -0.4 is 5.32 Å². The van der Waals surface area contributed by atoms with Crippen molar-refractivity contribution < 1.29 is 9.53 Å². The lowest BCUT2D eigenvalue weighted by Crippen LogP contribution is -2.31. The molecule has 138 valence electrons. The van der Waals surface area contributed by atoms with E-state index < -0.39 is 0 Å². The van der Waals surface area contributed by atoms with Crippen molar-refractivity contribution >= 4 is 22.7 Å². The molecule has 6 heteroatoms. The van der Waals surface area contributed by atoms with Crippen LogP contribution in [-0.4, -0.2) is 49.3 Å². The Labute approximate surface area is 154 Å². The first-order valence-corrected chi connectivity index (χ1v) is 9.19. The molecule has 6 nitrogen and oxygen atoms in total. The second kappa shape index (κ2) is 8.24. The van der Waals surface area contributed by atoms with Gasteiger partial charge in [-0.3, -0.25) is 0 Å². The third kappa shape index (κ3) is 4.17. The Morgan fingerprint density at radius 3 is 3.08 bits per heavy atom. The lowest BCUT2D eigenvalue weighted by atomic mass is 10.1. The highest BCUT2D eigenvalue weighted by Gasteiger charge is 2.40. The van der Waals surface area contributed by atoms with Crippen molar-refractivity contribution in [1.82, 2.24) is 15.2 Å². The van der Waals surface area contributed by atoms with Gasteiger partial charge in [0.1, 0.15) is 0 Å². The standard InChI is InChI=1S/C20H26N4O2/c1-4-24(9-5-8-22-20(25)26-3)13-14-10-16(14)18-12-23-19-7-6-15(21-2)11-17(18)19/h6-7,11-12,14,16,23H,4-5,8-10,13H2,1,3H3,(H,22,25). The topological polar surface area (TPSA) is 61.7 Å². The summed E-state index contributed by atoms with van der Waals surface area (Å²) in [7, 11) is 1.38. The van der Waals surface area contributed by atoms with Gasteiger partial charge in [0.05, 0.1) is 13.7 Å². The molecule has 2 atom stereocenters. The Kier molecular flexibility index (Phi) is 5.79. The maximum absolute atomic E-state index is 11.1. The fourth-order valence-corrected chi connectivity index (χ4v) is 3.61. The van der Waals surface area contributed by atoms with E-state index in [0.29, 0.717) is 24.1 Å². The third-order valence-corrected chi connectivity index (χ3v) is 5.19. The molecule has 2 aromatic rings. The number of methoxy groups -OCH3 is 1. The normalized spacial score (nSPS) is 18.7. The number of rotatable bonds is 8. The van der Waals surface area contributed by atoms with Crippen LogP contribution in [0.2, 0.25) is 0 Å². The van der Waals surface area contributed by atoms with Gasteiger partial charge in [-0.1, -0.05) is 13.0 Å². The van der Waals surface area contributed by atoms with E-state index in [2.05, 4.69) is 37.9 Å². The number of alkyl carbamates (subject to hydrolysis) is 1. The number of benzene rings is 1. The molecule has 1 amide bonds. The highest BCUT2D eigenvalue weighted by molar-refractivity contribution is 5.87. The molecular weight excluding hydrogens is 328 g/mol. The first kappa shape index (κ1) is 18.3. The lowest BCUT2D eigenvalue weighted by Gasteiger charge is -2.20. The monoisotopic (exact) mass is 354 g/mol. The van der Waals surface area contributed by atoms with Crippen LogP contribution in [0.25, 0.3) is 15.7 Å². The molecule has 2 unspecified atom stereocenters. The smallest absolute Gasteiger partial charge is 0.406 e. The summed E-state index contributed by atoms with van der Waals surface area (Å²) >= 11 is 0. The molecule has 0 aliphatic heterocycles. The molecule has 2 N–H and O–H groups in total. The average molecular weight is 354 g/mol. The number of nitrogens with zero attached hydrogens (tertiary/aromatic N) is 2.